The highest BCUT2D eigenvalue weighted by Crippen LogP contribution is 2.28. The van der Waals surface area contributed by atoms with Crippen LogP contribution >= 0.6 is 0 Å². The van der Waals surface area contributed by atoms with Gasteiger partial charge in [0, 0.05) is 18.2 Å². The molecule has 146 valence electrons. The van der Waals surface area contributed by atoms with Crippen LogP contribution in [0.5, 0.6) is 11.5 Å². The minimum Gasteiger partial charge on any atom is -0.493 e. The van der Waals surface area contributed by atoms with E-state index in [9.17, 15) is 4.79 Å². The Bertz CT molecular complexity index is 730. The lowest BCUT2D eigenvalue weighted by Crippen LogP contribution is -2.41. The molecule has 0 spiro atoms. The molecule has 0 radical (unpaired) electrons. The molecule has 2 aromatic carbocycles. The van der Waals surface area contributed by atoms with E-state index >= 15 is 0 Å². The van der Waals surface area contributed by atoms with Gasteiger partial charge in [0.05, 0.1) is 13.2 Å². The topological polar surface area (TPSA) is 50.8 Å². The first-order chi connectivity index (χ1) is 12.9. The number of nitrogens with zero attached hydrogens (tertiary/aromatic N) is 1. The normalized spacial score (nSPS) is 12.1. The summed E-state index contributed by atoms with van der Waals surface area (Å²) in [4.78, 5) is 14.7. The quantitative estimate of drug-likeness (QED) is 0.735. The van der Waals surface area contributed by atoms with E-state index in [-0.39, 0.29) is 18.1 Å². The van der Waals surface area contributed by atoms with Crippen molar-refractivity contribution < 1.29 is 14.3 Å². The van der Waals surface area contributed by atoms with Gasteiger partial charge >= 0.3 is 0 Å². The number of nitrogens with one attached hydrogen (secondary N) is 1. The zero-order valence-corrected chi connectivity index (χ0v) is 16.9. The molecule has 1 unspecified atom stereocenters. The number of amides is 1. The lowest BCUT2D eigenvalue weighted by atomic mass is 10.0. The molecule has 2 aromatic rings. The maximum absolute atomic E-state index is 12.6. The van der Waals surface area contributed by atoms with Gasteiger partial charge in [0.15, 0.2) is 11.5 Å². The summed E-state index contributed by atoms with van der Waals surface area (Å²) in [5, 5.41) is 3.04. The Morgan fingerprint density at radius 3 is 2.37 bits per heavy atom. The monoisotopic (exact) mass is 370 g/mol. The van der Waals surface area contributed by atoms with Gasteiger partial charge in [-0.25, -0.2) is 0 Å². The zero-order chi connectivity index (χ0) is 19.8. The summed E-state index contributed by atoms with van der Waals surface area (Å²) in [6.45, 7) is 4.47. The first-order valence-electron chi connectivity index (χ1n) is 9.24. The average molecular weight is 370 g/mol. The van der Waals surface area contributed by atoms with Gasteiger partial charge in [-0.05, 0) is 58.1 Å². The Labute approximate surface area is 162 Å². The van der Waals surface area contributed by atoms with E-state index in [1.807, 2.05) is 46.1 Å². The Morgan fingerprint density at radius 2 is 1.78 bits per heavy atom. The van der Waals surface area contributed by atoms with Crippen molar-refractivity contribution in [1.82, 2.24) is 10.2 Å². The van der Waals surface area contributed by atoms with Crippen molar-refractivity contribution in [2.24, 2.45) is 0 Å². The number of rotatable bonds is 9. The first kappa shape index (κ1) is 20.8. The van der Waals surface area contributed by atoms with Crippen LogP contribution in [0.3, 0.4) is 0 Å². The predicted octanol–water partition coefficient (Wildman–Crippen LogP) is 3.39. The lowest BCUT2D eigenvalue weighted by Gasteiger charge is -2.25. The Morgan fingerprint density at radius 1 is 1.07 bits per heavy atom. The highest BCUT2D eigenvalue weighted by molar-refractivity contribution is 5.94. The van der Waals surface area contributed by atoms with Crippen LogP contribution in [0, 0.1) is 0 Å². The van der Waals surface area contributed by atoms with E-state index in [4.69, 9.17) is 9.47 Å². The van der Waals surface area contributed by atoms with E-state index < -0.39 is 0 Å². The second-order valence-electron chi connectivity index (χ2n) is 7.05. The van der Waals surface area contributed by atoms with Gasteiger partial charge in [0.2, 0.25) is 0 Å². The van der Waals surface area contributed by atoms with Crippen molar-refractivity contribution in [2.45, 2.75) is 32.4 Å². The number of methoxy groups -OCH3 is 1. The van der Waals surface area contributed by atoms with Crippen molar-refractivity contribution in [3.63, 3.8) is 0 Å². The third kappa shape index (κ3) is 6.29. The molecule has 5 heteroatoms. The predicted molar refractivity (Wildman–Crippen MR) is 109 cm³/mol. The van der Waals surface area contributed by atoms with Crippen molar-refractivity contribution in [3.05, 3.63) is 59.7 Å². The fourth-order valence-electron chi connectivity index (χ4n) is 2.80. The molecule has 27 heavy (non-hydrogen) atoms. The van der Waals surface area contributed by atoms with Gasteiger partial charge in [0.1, 0.15) is 0 Å². The molecule has 0 fully saturated rings. The second-order valence-corrected chi connectivity index (χ2v) is 7.05. The molecule has 0 aliphatic rings. The molecule has 0 heterocycles. The maximum Gasteiger partial charge on any atom is 0.251 e. The van der Waals surface area contributed by atoms with Crippen LogP contribution < -0.4 is 14.8 Å². The molecular weight excluding hydrogens is 340 g/mol. The van der Waals surface area contributed by atoms with Gasteiger partial charge < -0.3 is 19.7 Å². The Kier molecular flexibility index (Phi) is 7.67. The summed E-state index contributed by atoms with van der Waals surface area (Å²) >= 11 is 0. The number of ether oxygens (including phenoxy) is 2. The van der Waals surface area contributed by atoms with Crippen molar-refractivity contribution in [2.75, 3.05) is 27.7 Å². The fraction of sp³-hybridized carbons (Fsp3) is 0.409. The minimum absolute atomic E-state index is 0.0393. The molecule has 1 amide bonds. The highest BCUT2D eigenvalue weighted by atomic mass is 16.5. The van der Waals surface area contributed by atoms with Crippen LogP contribution in [0.1, 0.15) is 29.8 Å². The van der Waals surface area contributed by atoms with Crippen LogP contribution in [-0.2, 0) is 6.42 Å². The Hall–Kier alpha value is -2.53. The van der Waals surface area contributed by atoms with Crippen LogP contribution in [-0.4, -0.2) is 50.7 Å². The molecule has 0 saturated heterocycles. The molecule has 1 atom stereocenters. The summed E-state index contributed by atoms with van der Waals surface area (Å²) in [6, 6.07) is 15.8. The molecule has 0 aromatic heterocycles. The summed E-state index contributed by atoms with van der Waals surface area (Å²) in [7, 11) is 5.63. The third-order valence-corrected chi connectivity index (χ3v) is 4.33. The molecule has 0 aliphatic carbocycles. The third-order valence-electron chi connectivity index (χ3n) is 4.33. The van der Waals surface area contributed by atoms with Crippen LogP contribution in [0.4, 0.5) is 0 Å². The van der Waals surface area contributed by atoms with Crippen molar-refractivity contribution >= 4 is 5.91 Å². The van der Waals surface area contributed by atoms with Crippen molar-refractivity contribution in [3.8, 4) is 11.5 Å². The van der Waals surface area contributed by atoms with Crippen molar-refractivity contribution in [1.29, 1.82) is 0 Å². The smallest absolute Gasteiger partial charge is 0.251 e. The number of hydrogen-bond acceptors (Lipinski definition) is 4. The number of benzene rings is 2. The standard InChI is InChI=1S/C22H30N2O3/c1-16(2)27-20-12-11-18(14-21(20)26-5)22(25)23-15-19(24(3)4)13-17-9-7-6-8-10-17/h6-12,14,16,19H,13,15H2,1-5H3,(H,23,25). The average Bonchev–Trinajstić information content (AvgIpc) is 2.65. The molecule has 5 nitrogen and oxygen atoms in total. The molecule has 0 bridgehead atoms. The number of hydrogen-bond donors (Lipinski definition) is 1. The first-order valence-corrected chi connectivity index (χ1v) is 9.24. The molecule has 0 aliphatic heterocycles. The van der Waals surface area contributed by atoms with E-state index in [0.717, 1.165) is 6.42 Å². The largest absolute Gasteiger partial charge is 0.493 e. The van der Waals surface area contributed by atoms with Gasteiger partial charge in [0.25, 0.3) is 5.91 Å². The summed E-state index contributed by atoms with van der Waals surface area (Å²) < 4.78 is 11.1. The summed E-state index contributed by atoms with van der Waals surface area (Å²) in [5.74, 6) is 1.08. The van der Waals surface area contributed by atoms with Gasteiger partial charge in [-0.1, -0.05) is 30.3 Å². The van der Waals surface area contributed by atoms with Gasteiger partial charge in [-0.15, -0.1) is 0 Å². The second kappa shape index (κ2) is 9.97. The zero-order valence-electron chi connectivity index (χ0n) is 16.9. The van der Waals surface area contributed by atoms with Crippen LogP contribution in [0.25, 0.3) is 0 Å². The number of likely N-dealkylation sites (N-methyl/N-ethyl adjacent to an activating group) is 1. The van der Waals surface area contributed by atoms with E-state index in [1.165, 1.54) is 5.56 Å². The Balaban J connectivity index is 2.02. The summed E-state index contributed by atoms with van der Waals surface area (Å²) in [5.41, 5.74) is 1.81. The van der Waals surface area contributed by atoms with Gasteiger partial charge in [-0.3, -0.25) is 4.79 Å². The van der Waals surface area contributed by atoms with Crippen LogP contribution in [0.2, 0.25) is 0 Å². The van der Waals surface area contributed by atoms with Gasteiger partial charge in [-0.2, -0.15) is 0 Å². The lowest BCUT2D eigenvalue weighted by molar-refractivity contribution is 0.0941. The minimum atomic E-state index is -0.121. The molecule has 1 N–H and O–H groups in total. The van der Waals surface area contributed by atoms with Crippen LogP contribution in [0.15, 0.2) is 48.5 Å². The van der Waals surface area contributed by atoms with E-state index in [2.05, 4.69) is 22.3 Å². The number of carbonyl (C=O) groups is 1. The highest BCUT2D eigenvalue weighted by Gasteiger charge is 2.16. The number of carbonyl (C=O) groups excluding carboxylic acids is 1. The summed E-state index contributed by atoms with van der Waals surface area (Å²) in [6.07, 6.45) is 0.913. The molecule has 0 saturated carbocycles. The SMILES string of the molecule is COc1cc(C(=O)NCC(Cc2ccccc2)N(C)C)ccc1OC(C)C. The molecule has 2 rings (SSSR count). The fourth-order valence-corrected chi connectivity index (χ4v) is 2.80. The van der Waals surface area contributed by atoms with E-state index in [0.29, 0.717) is 23.6 Å². The van der Waals surface area contributed by atoms with E-state index in [1.54, 1.807) is 25.3 Å². The maximum atomic E-state index is 12.6. The molecular formula is C22H30N2O3.